The molecule has 3 heterocycles. The lowest BCUT2D eigenvalue weighted by Crippen LogP contribution is -2.18. The van der Waals surface area contributed by atoms with Crippen LogP contribution in [-0.2, 0) is 10.8 Å². The minimum atomic E-state index is -0.179. The number of fused-ring (bicyclic) bond motifs is 9. The Hall–Kier alpha value is -9.18. The highest BCUT2D eigenvalue weighted by Gasteiger charge is 2.27. The lowest BCUT2D eigenvalue weighted by Gasteiger charge is -2.26. The lowest BCUT2D eigenvalue weighted by atomic mass is 9.78. The fraction of sp³-hybridized carbons (Fsp3) is 0.0833. The monoisotopic (exact) mass is 961 g/mol. The molecule has 75 heavy (non-hydrogen) atoms. The molecule has 358 valence electrons. The van der Waals surface area contributed by atoms with Crippen molar-refractivity contribution in [3.8, 4) is 39.3 Å². The second-order valence-corrected chi connectivity index (χ2v) is 21.4. The Labute approximate surface area is 437 Å². The molecule has 3 aromatic heterocycles. The molecule has 14 aromatic rings. The van der Waals surface area contributed by atoms with Crippen molar-refractivity contribution in [1.29, 1.82) is 0 Å². The van der Waals surface area contributed by atoms with Crippen molar-refractivity contribution in [2.75, 3.05) is 0 Å². The zero-order valence-corrected chi connectivity index (χ0v) is 42.7. The molecule has 0 aliphatic heterocycles. The number of rotatable bonds is 9. The number of hydrogen-bond acceptors (Lipinski definition) is 0. The van der Waals surface area contributed by atoms with Crippen LogP contribution < -0.4 is 0 Å². The topological polar surface area (TPSA) is 14.8 Å². The Kier molecular flexibility index (Phi) is 10.2. The van der Waals surface area contributed by atoms with Crippen molar-refractivity contribution < 1.29 is 0 Å². The largest absolute Gasteiger partial charge is 0.309 e. The van der Waals surface area contributed by atoms with Crippen molar-refractivity contribution in [2.24, 2.45) is 0 Å². The molecule has 0 atom stereocenters. The highest BCUT2D eigenvalue weighted by molar-refractivity contribution is 6.15. The molecule has 0 saturated carbocycles. The lowest BCUT2D eigenvalue weighted by molar-refractivity contribution is 0.642. The summed E-state index contributed by atoms with van der Waals surface area (Å²) in [7, 11) is 0. The zero-order valence-electron chi connectivity index (χ0n) is 42.7. The Morgan fingerprint density at radius 1 is 0.213 bits per heavy atom. The van der Waals surface area contributed by atoms with Gasteiger partial charge in [-0.25, -0.2) is 0 Å². The van der Waals surface area contributed by atoms with Gasteiger partial charge in [0.15, 0.2) is 0 Å². The maximum atomic E-state index is 2.44. The highest BCUT2D eigenvalue weighted by atomic mass is 15.0. The number of aromatic nitrogens is 3. The van der Waals surface area contributed by atoms with E-state index < -0.39 is 0 Å². The van der Waals surface area contributed by atoms with Gasteiger partial charge in [-0.1, -0.05) is 179 Å². The predicted molar refractivity (Wildman–Crippen MR) is 317 cm³/mol. The van der Waals surface area contributed by atoms with Crippen LogP contribution in [0.2, 0.25) is 0 Å². The van der Waals surface area contributed by atoms with E-state index in [9.17, 15) is 0 Å². The van der Waals surface area contributed by atoms with E-state index in [4.69, 9.17) is 0 Å². The van der Waals surface area contributed by atoms with Gasteiger partial charge in [0.05, 0.1) is 33.1 Å². The van der Waals surface area contributed by atoms with E-state index in [0.29, 0.717) is 0 Å². The van der Waals surface area contributed by atoms with E-state index in [0.717, 1.165) is 17.1 Å². The summed E-state index contributed by atoms with van der Waals surface area (Å²) >= 11 is 0. The van der Waals surface area contributed by atoms with Gasteiger partial charge in [0.1, 0.15) is 0 Å². The van der Waals surface area contributed by atoms with Gasteiger partial charge in [0.2, 0.25) is 0 Å². The molecule has 0 fully saturated rings. The van der Waals surface area contributed by atoms with Crippen molar-refractivity contribution in [1.82, 2.24) is 13.7 Å². The Bertz CT molecular complexity index is 4210. The third kappa shape index (κ3) is 7.17. The van der Waals surface area contributed by atoms with Gasteiger partial charge in [-0.2, -0.15) is 0 Å². The normalized spacial score (nSPS) is 12.3. The van der Waals surface area contributed by atoms with Crippen LogP contribution in [0.4, 0.5) is 0 Å². The van der Waals surface area contributed by atoms with E-state index in [1.165, 1.54) is 110 Å². The maximum Gasteiger partial charge on any atom is 0.0541 e. The molecular formula is C72H55N3. The summed E-state index contributed by atoms with van der Waals surface area (Å²) in [5, 5.41) is 7.44. The minimum Gasteiger partial charge on any atom is -0.309 e. The first-order valence-corrected chi connectivity index (χ1v) is 26.2. The van der Waals surface area contributed by atoms with Crippen LogP contribution in [-0.4, -0.2) is 13.7 Å². The summed E-state index contributed by atoms with van der Waals surface area (Å²) in [6.07, 6.45) is 0. The van der Waals surface area contributed by atoms with Gasteiger partial charge >= 0.3 is 0 Å². The summed E-state index contributed by atoms with van der Waals surface area (Å²) in [5.41, 5.74) is 20.2. The molecule has 0 N–H and O–H groups in total. The molecule has 0 unspecified atom stereocenters. The van der Waals surface area contributed by atoms with Crippen LogP contribution in [0.3, 0.4) is 0 Å². The molecule has 0 aliphatic carbocycles. The van der Waals surface area contributed by atoms with Crippen LogP contribution in [0.25, 0.3) is 105 Å². The SMILES string of the molecule is CC(C)(c1ccccc1)c1ccc2c(c1)c1cc(-c3ccc4c(c3)c3cc(-c5ccc6c(c5)c5cc(C(C)(C)c7ccccc7)ccc5n6-c5ccccc5)ccc3n4-c3ccccc3)ccc1n2-c1ccccc1. The summed E-state index contributed by atoms with van der Waals surface area (Å²) in [6.45, 7) is 9.35. The summed E-state index contributed by atoms with van der Waals surface area (Å²) in [5.74, 6) is 0. The van der Waals surface area contributed by atoms with E-state index in [1.807, 2.05) is 0 Å². The first kappa shape index (κ1) is 44.5. The average Bonchev–Trinajstić information content (AvgIpc) is 4.14. The number of nitrogens with zero attached hydrogens (tertiary/aromatic N) is 3. The molecule has 0 saturated heterocycles. The third-order valence-electron chi connectivity index (χ3n) is 16.4. The van der Waals surface area contributed by atoms with Gasteiger partial charge in [0, 0.05) is 60.2 Å². The molecule has 0 spiro atoms. The molecule has 0 aliphatic rings. The van der Waals surface area contributed by atoms with Crippen LogP contribution >= 0.6 is 0 Å². The quantitative estimate of drug-likeness (QED) is 0.137. The Morgan fingerprint density at radius 3 is 0.707 bits per heavy atom. The molecule has 3 heteroatoms. The summed E-state index contributed by atoms with van der Waals surface area (Å²) in [6, 6.07) is 96.6. The summed E-state index contributed by atoms with van der Waals surface area (Å²) < 4.78 is 7.28. The minimum absolute atomic E-state index is 0.179. The second kappa shape index (κ2) is 17.2. The van der Waals surface area contributed by atoms with Gasteiger partial charge in [0.25, 0.3) is 0 Å². The van der Waals surface area contributed by atoms with E-state index in [-0.39, 0.29) is 10.8 Å². The van der Waals surface area contributed by atoms with E-state index in [2.05, 4.69) is 302 Å². The molecule has 0 bridgehead atoms. The van der Waals surface area contributed by atoms with Crippen LogP contribution in [0.15, 0.2) is 261 Å². The van der Waals surface area contributed by atoms with Crippen LogP contribution in [0.5, 0.6) is 0 Å². The van der Waals surface area contributed by atoms with Crippen LogP contribution in [0, 0.1) is 0 Å². The van der Waals surface area contributed by atoms with Crippen molar-refractivity contribution in [3.63, 3.8) is 0 Å². The van der Waals surface area contributed by atoms with Gasteiger partial charge in [-0.3, -0.25) is 0 Å². The third-order valence-corrected chi connectivity index (χ3v) is 16.4. The van der Waals surface area contributed by atoms with E-state index in [1.54, 1.807) is 0 Å². The Balaban J connectivity index is 0.946. The predicted octanol–water partition coefficient (Wildman–Crippen LogP) is 19.0. The van der Waals surface area contributed by atoms with Gasteiger partial charge < -0.3 is 13.7 Å². The highest BCUT2D eigenvalue weighted by Crippen LogP contribution is 2.44. The molecule has 14 rings (SSSR count). The van der Waals surface area contributed by atoms with Crippen molar-refractivity contribution in [2.45, 2.75) is 38.5 Å². The van der Waals surface area contributed by atoms with Crippen molar-refractivity contribution in [3.05, 3.63) is 283 Å². The van der Waals surface area contributed by atoms with E-state index >= 15 is 0 Å². The number of benzene rings is 11. The number of hydrogen-bond donors (Lipinski definition) is 0. The van der Waals surface area contributed by atoms with Gasteiger partial charge in [-0.15, -0.1) is 0 Å². The first-order chi connectivity index (χ1) is 36.7. The molecule has 3 nitrogen and oxygen atoms in total. The molecule has 11 aromatic carbocycles. The smallest absolute Gasteiger partial charge is 0.0541 e. The number of para-hydroxylation sites is 3. The standard InChI is InChI=1S/C72H55N3/c1-71(2,52-20-10-5-11-21-52)54-34-40-69-63(46-54)61-44-50(32-38-67(61)74(69)57-26-16-8-17-27-57)48-30-36-65-59(42-48)60-43-49(31-37-66(60)73(65)56-24-14-7-15-25-56)51-33-39-68-62(45-51)64-47-55(72(3,4)53-22-12-6-13-23-53)35-41-70(64)75(68)58-28-18-9-19-29-58/h5-47H,1-4H3. The Morgan fingerprint density at radius 2 is 0.440 bits per heavy atom. The zero-order chi connectivity index (χ0) is 50.4. The second-order valence-electron chi connectivity index (χ2n) is 21.4. The van der Waals surface area contributed by atoms with Crippen LogP contribution in [0.1, 0.15) is 49.9 Å². The first-order valence-electron chi connectivity index (χ1n) is 26.2. The fourth-order valence-corrected chi connectivity index (χ4v) is 12.2. The summed E-state index contributed by atoms with van der Waals surface area (Å²) in [4.78, 5) is 0. The fourth-order valence-electron chi connectivity index (χ4n) is 12.2. The maximum absolute atomic E-state index is 2.44. The molecule has 0 radical (unpaired) electrons. The molecular weight excluding hydrogens is 907 g/mol. The van der Waals surface area contributed by atoms with Crippen molar-refractivity contribution >= 4 is 65.4 Å². The average molecular weight is 962 g/mol. The molecule has 0 amide bonds. The van der Waals surface area contributed by atoms with Gasteiger partial charge in [-0.05, 0) is 154 Å².